The molecule has 3 nitrogen and oxygen atoms in total. The van der Waals surface area contributed by atoms with Gasteiger partial charge in [-0.3, -0.25) is 4.79 Å². The van der Waals surface area contributed by atoms with E-state index in [0.717, 1.165) is 31.2 Å². The molecule has 1 saturated carbocycles. The van der Waals surface area contributed by atoms with Crippen LogP contribution in [0, 0.1) is 17.2 Å². The third-order valence-electron chi connectivity index (χ3n) is 4.30. The first-order valence-corrected chi connectivity index (χ1v) is 7.36. The van der Waals surface area contributed by atoms with E-state index in [-0.39, 0.29) is 11.4 Å². The third-order valence-corrected chi connectivity index (χ3v) is 4.30. The summed E-state index contributed by atoms with van der Waals surface area (Å²) in [5.41, 5.74) is 0.722. The molecular formula is C17H21NO2. The lowest BCUT2D eigenvalue weighted by molar-refractivity contribution is -0.148. The topological polar surface area (TPSA) is 50.1 Å². The Kier molecular flexibility index (Phi) is 4.79. The predicted octanol–water partition coefficient (Wildman–Crippen LogP) is 3.59. The summed E-state index contributed by atoms with van der Waals surface area (Å²) >= 11 is 0. The highest BCUT2D eigenvalue weighted by atomic mass is 16.5. The van der Waals surface area contributed by atoms with Crippen molar-refractivity contribution in [2.24, 2.45) is 5.92 Å². The summed E-state index contributed by atoms with van der Waals surface area (Å²) in [6.07, 6.45) is 5.07. The van der Waals surface area contributed by atoms with E-state index in [0.29, 0.717) is 6.61 Å². The molecule has 3 heteroatoms. The van der Waals surface area contributed by atoms with Gasteiger partial charge in [-0.2, -0.15) is 5.26 Å². The van der Waals surface area contributed by atoms with Crippen LogP contribution in [0.1, 0.15) is 44.6 Å². The fourth-order valence-corrected chi connectivity index (χ4v) is 3.32. The Balaban J connectivity index is 2.41. The summed E-state index contributed by atoms with van der Waals surface area (Å²) in [5, 5.41) is 9.55. The van der Waals surface area contributed by atoms with Gasteiger partial charge >= 0.3 is 5.97 Å². The standard InChI is InChI=1S/C17H21NO2/c1-2-20-16(19)15(13-18)17(11-7-4-8-12-17)14-9-5-3-6-10-14/h3,5-6,9-10,15H,2,4,7-8,11-12H2,1H3/t15-/m0/s1. The average Bonchev–Trinajstić information content (AvgIpc) is 2.50. The van der Waals surface area contributed by atoms with Gasteiger partial charge < -0.3 is 4.74 Å². The van der Waals surface area contributed by atoms with Gasteiger partial charge in [0, 0.05) is 5.41 Å². The smallest absolute Gasteiger partial charge is 0.324 e. The fourth-order valence-electron chi connectivity index (χ4n) is 3.32. The van der Waals surface area contributed by atoms with Crippen LogP contribution in [0.15, 0.2) is 30.3 Å². The molecule has 0 heterocycles. The maximum Gasteiger partial charge on any atom is 0.324 e. The van der Waals surface area contributed by atoms with E-state index >= 15 is 0 Å². The molecule has 1 atom stereocenters. The van der Waals surface area contributed by atoms with Gasteiger partial charge in [0.25, 0.3) is 0 Å². The molecule has 0 saturated heterocycles. The van der Waals surface area contributed by atoms with E-state index < -0.39 is 5.92 Å². The van der Waals surface area contributed by atoms with Crippen LogP contribution in [0.4, 0.5) is 0 Å². The Morgan fingerprint density at radius 3 is 2.50 bits per heavy atom. The number of hydrogen-bond acceptors (Lipinski definition) is 3. The van der Waals surface area contributed by atoms with Crippen molar-refractivity contribution in [3.8, 4) is 6.07 Å². The summed E-state index contributed by atoms with van der Waals surface area (Å²) in [6.45, 7) is 2.10. The van der Waals surface area contributed by atoms with Gasteiger partial charge in [0.15, 0.2) is 5.92 Å². The first-order chi connectivity index (χ1) is 9.74. The van der Waals surface area contributed by atoms with E-state index in [4.69, 9.17) is 4.74 Å². The van der Waals surface area contributed by atoms with Crippen molar-refractivity contribution in [1.82, 2.24) is 0 Å². The van der Waals surface area contributed by atoms with E-state index in [1.165, 1.54) is 6.42 Å². The van der Waals surface area contributed by atoms with Crippen LogP contribution in [0.3, 0.4) is 0 Å². The van der Waals surface area contributed by atoms with Gasteiger partial charge in [0.1, 0.15) is 0 Å². The van der Waals surface area contributed by atoms with Crippen LogP contribution in [0.2, 0.25) is 0 Å². The quantitative estimate of drug-likeness (QED) is 0.786. The number of nitrogens with zero attached hydrogens (tertiary/aromatic N) is 1. The number of carbonyl (C=O) groups is 1. The van der Waals surface area contributed by atoms with Gasteiger partial charge in [-0.15, -0.1) is 0 Å². The van der Waals surface area contributed by atoms with Crippen LogP contribution < -0.4 is 0 Å². The number of nitriles is 1. The molecule has 1 aliphatic carbocycles. The number of carbonyl (C=O) groups excluding carboxylic acids is 1. The molecule has 1 fully saturated rings. The zero-order valence-electron chi connectivity index (χ0n) is 12.0. The van der Waals surface area contributed by atoms with Crippen molar-refractivity contribution in [2.75, 3.05) is 6.61 Å². The van der Waals surface area contributed by atoms with Gasteiger partial charge in [-0.25, -0.2) is 0 Å². The molecule has 1 aliphatic rings. The second-order valence-corrected chi connectivity index (χ2v) is 5.40. The van der Waals surface area contributed by atoms with Crippen LogP contribution in [0.5, 0.6) is 0 Å². The van der Waals surface area contributed by atoms with Crippen molar-refractivity contribution in [1.29, 1.82) is 5.26 Å². The monoisotopic (exact) mass is 271 g/mol. The Bertz CT molecular complexity index is 483. The first-order valence-electron chi connectivity index (χ1n) is 7.36. The lowest BCUT2D eigenvalue weighted by Crippen LogP contribution is -2.41. The second-order valence-electron chi connectivity index (χ2n) is 5.40. The molecular weight excluding hydrogens is 250 g/mol. The molecule has 0 aromatic heterocycles. The zero-order valence-corrected chi connectivity index (χ0v) is 12.0. The SMILES string of the molecule is CCOC(=O)[C@H](C#N)C1(c2ccccc2)CCCCC1. The maximum absolute atomic E-state index is 12.2. The summed E-state index contributed by atoms with van der Waals surface area (Å²) in [7, 11) is 0. The summed E-state index contributed by atoms with van der Waals surface area (Å²) in [4.78, 5) is 12.2. The van der Waals surface area contributed by atoms with Crippen molar-refractivity contribution in [2.45, 2.75) is 44.4 Å². The highest BCUT2D eigenvalue weighted by molar-refractivity contribution is 5.77. The highest BCUT2D eigenvalue weighted by Gasteiger charge is 2.46. The number of hydrogen-bond donors (Lipinski definition) is 0. The summed E-state index contributed by atoms with van der Waals surface area (Å²) < 4.78 is 5.13. The number of esters is 1. The Hall–Kier alpha value is -1.82. The number of ether oxygens (including phenoxy) is 1. The van der Waals surface area contributed by atoms with E-state index in [9.17, 15) is 10.1 Å². The van der Waals surface area contributed by atoms with Gasteiger partial charge in [-0.05, 0) is 25.3 Å². The molecule has 0 bridgehead atoms. The third kappa shape index (κ3) is 2.70. The maximum atomic E-state index is 12.2. The fraction of sp³-hybridized carbons (Fsp3) is 0.529. The minimum atomic E-state index is -0.704. The summed E-state index contributed by atoms with van der Waals surface area (Å²) in [5.74, 6) is -1.08. The van der Waals surface area contributed by atoms with E-state index in [1.54, 1.807) is 6.92 Å². The number of rotatable bonds is 4. The first kappa shape index (κ1) is 14.6. The molecule has 1 aromatic rings. The zero-order chi connectivity index (χ0) is 14.4. The van der Waals surface area contributed by atoms with E-state index in [1.807, 2.05) is 30.3 Å². The normalized spacial score (nSPS) is 18.8. The molecule has 1 aromatic carbocycles. The molecule has 20 heavy (non-hydrogen) atoms. The molecule has 0 aliphatic heterocycles. The lowest BCUT2D eigenvalue weighted by Gasteiger charge is -2.40. The largest absolute Gasteiger partial charge is 0.465 e. The van der Waals surface area contributed by atoms with Crippen LogP contribution >= 0.6 is 0 Å². The lowest BCUT2D eigenvalue weighted by atomic mass is 9.62. The molecule has 0 N–H and O–H groups in total. The van der Waals surface area contributed by atoms with E-state index in [2.05, 4.69) is 6.07 Å². The Morgan fingerprint density at radius 2 is 1.95 bits per heavy atom. The van der Waals surface area contributed by atoms with Crippen LogP contribution in [0.25, 0.3) is 0 Å². The molecule has 0 spiro atoms. The molecule has 106 valence electrons. The van der Waals surface area contributed by atoms with Crippen LogP contribution in [-0.2, 0) is 14.9 Å². The van der Waals surface area contributed by atoms with Crippen molar-refractivity contribution in [3.63, 3.8) is 0 Å². The van der Waals surface area contributed by atoms with Crippen molar-refractivity contribution < 1.29 is 9.53 Å². The predicted molar refractivity (Wildman–Crippen MR) is 76.9 cm³/mol. The minimum absolute atomic E-state index is 0.321. The minimum Gasteiger partial charge on any atom is -0.465 e. The molecule has 0 unspecified atom stereocenters. The summed E-state index contributed by atoms with van der Waals surface area (Å²) in [6, 6.07) is 12.2. The van der Waals surface area contributed by atoms with Gasteiger partial charge in [0.05, 0.1) is 12.7 Å². The molecule has 2 rings (SSSR count). The Morgan fingerprint density at radius 1 is 1.30 bits per heavy atom. The Labute approximate surface area is 120 Å². The van der Waals surface area contributed by atoms with Crippen molar-refractivity contribution >= 4 is 5.97 Å². The van der Waals surface area contributed by atoms with Crippen LogP contribution in [-0.4, -0.2) is 12.6 Å². The van der Waals surface area contributed by atoms with Gasteiger partial charge in [-0.1, -0.05) is 49.6 Å². The molecule has 0 radical (unpaired) electrons. The molecule has 0 amide bonds. The number of benzene rings is 1. The highest BCUT2D eigenvalue weighted by Crippen LogP contribution is 2.45. The average molecular weight is 271 g/mol. The van der Waals surface area contributed by atoms with Gasteiger partial charge in [0.2, 0.25) is 0 Å². The second kappa shape index (κ2) is 6.56. The van der Waals surface area contributed by atoms with Crippen molar-refractivity contribution in [3.05, 3.63) is 35.9 Å².